The van der Waals surface area contributed by atoms with E-state index in [9.17, 15) is 0 Å². The van der Waals surface area contributed by atoms with Crippen LogP contribution in [0.4, 0.5) is 5.82 Å². The SMILES string of the molecule is [C-]#[N+]CN1CC2(C1)CN(c1ccc3[nH]c(-c4cn5ncnc5c(C)c4C)c(C(C)C)c3n1)C2. The van der Waals surface area contributed by atoms with E-state index in [1.54, 1.807) is 6.33 Å². The average Bonchev–Trinajstić information content (AvgIpc) is 3.35. The summed E-state index contributed by atoms with van der Waals surface area (Å²) in [7, 11) is 0. The van der Waals surface area contributed by atoms with Gasteiger partial charge >= 0.3 is 0 Å². The molecule has 8 heteroatoms. The monoisotopic (exact) mass is 440 g/mol. The number of rotatable bonds is 4. The molecule has 2 fully saturated rings. The van der Waals surface area contributed by atoms with Crippen LogP contribution in [0.1, 0.15) is 36.5 Å². The lowest BCUT2D eigenvalue weighted by Gasteiger charge is -2.59. The molecule has 2 aliphatic rings. The van der Waals surface area contributed by atoms with Gasteiger partial charge in [-0.2, -0.15) is 5.10 Å². The molecule has 4 aromatic rings. The van der Waals surface area contributed by atoms with Crippen molar-refractivity contribution < 1.29 is 0 Å². The standard InChI is InChI=1S/C25H28N8/c1-15(2)21-22(18-8-33-24(27-13-28-33)17(4)16(18)3)29-19-6-7-20(30-23(19)21)32-11-25(12-32)9-31(10-25)14-26-5/h6-8,13,15,29H,9-12,14H2,1-4H3. The van der Waals surface area contributed by atoms with Gasteiger partial charge in [0.25, 0.3) is 6.67 Å². The quantitative estimate of drug-likeness (QED) is 0.486. The molecule has 0 saturated carbocycles. The minimum Gasteiger partial charge on any atom is -0.355 e. The summed E-state index contributed by atoms with van der Waals surface area (Å²) in [5, 5.41) is 4.38. The zero-order chi connectivity index (χ0) is 22.9. The fourth-order valence-corrected chi connectivity index (χ4v) is 5.71. The second kappa shape index (κ2) is 7.03. The van der Waals surface area contributed by atoms with Crippen molar-refractivity contribution in [3.05, 3.63) is 52.8 Å². The molecule has 0 atom stereocenters. The molecule has 0 bridgehead atoms. The predicted molar refractivity (Wildman–Crippen MR) is 129 cm³/mol. The first-order valence-electron chi connectivity index (χ1n) is 11.5. The third-order valence-corrected chi connectivity index (χ3v) is 7.40. The summed E-state index contributed by atoms with van der Waals surface area (Å²) in [5.41, 5.74) is 9.24. The molecule has 0 aromatic carbocycles. The molecule has 0 amide bonds. The number of aryl methyl sites for hydroxylation is 1. The van der Waals surface area contributed by atoms with Crippen molar-refractivity contribution in [2.75, 3.05) is 37.7 Å². The molecule has 6 rings (SSSR count). The normalized spacial score (nSPS) is 17.6. The smallest absolute Gasteiger partial charge is 0.270 e. The summed E-state index contributed by atoms with van der Waals surface area (Å²) in [6, 6.07) is 4.30. The molecule has 1 spiro atoms. The first-order chi connectivity index (χ1) is 15.9. The number of pyridine rings is 2. The molecule has 1 N–H and O–H groups in total. The van der Waals surface area contributed by atoms with Crippen LogP contribution in [0.15, 0.2) is 24.7 Å². The fourth-order valence-electron chi connectivity index (χ4n) is 5.71. The fraction of sp³-hybridized carbons (Fsp3) is 0.440. The molecule has 0 radical (unpaired) electrons. The van der Waals surface area contributed by atoms with Crippen LogP contribution in [-0.2, 0) is 0 Å². The summed E-state index contributed by atoms with van der Waals surface area (Å²) >= 11 is 0. The van der Waals surface area contributed by atoms with Gasteiger partial charge in [-0.1, -0.05) is 13.8 Å². The number of aromatic amines is 1. The first-order valence-corrected chi connectivity index (χ1v) is 11.5. The number of nitrogens with zero attached hydrogens (tertiary/aromatic N) is 7. The Morgan fingerprint density at radius 2 is 1.94 bits per heavy atom. The molecule has 168 valence electrons. The van der Waals surface area contributed by atoms with Gasteiger partial charge < -0.3 is 9.88 Å². The summed E-state index contributed by atoms with van der Waals surface area (Å²) < 4.78 is 1.86. The Morgan fingerprint density at radius 3 is 2.67 bits per heavy atom. The van der Waals surface area contributed by atoms with Gasteiger partial charge in [-0.25, -0.2) is 26.0 Å². The van der Waals surface area contributed by atoms with Gasteiger partial charge in [-0.3, -0.25) is 4.85 Å². The third-order valence-electron chi connectivity index (χ3n) is 7.40. The zero-order valence-electron chi connectivity index (χ0n) is 19.6. The minimum atomic E-state index is 0.319. The Bertz CT molecular complexity index is 1420. The predicted octanol–water partition coefficient (Wildman–Crippen LogP) is 4.01. The number of aromatic nitrogens is 5. The Kier molecular flexibility index (Phi) is 4.30. The highest BCUT2D eigenvalue weighted by molar-refractivity contribution is 5.90. The summed E-state index contributed by atoms with van der Waals surface area (Å²) in [4.78, 5) is 21.3. The third kappa shape index (κ3) is 2.96. The number of hydrogen-bond acceptors (Lipinski definition) is 5. The van der Waals surface area contributed by atoms with Crippen molar-refractivity contribution in [2.24, 2.45) is 5.41 Å². The number of likely N-dealkylation sites (tertiary alicyclic amines) is 1. The van der Waals surface area contributed by atoms with Crippen molar-refractivity contribution >= 4 is 22.5 Å². The van der Waals surface area contributed by atoms with Crippen LogP contribution in [0.3, 0.4) is 0 Å². The van der Waals surface area contributed by atoms with E-state index in [-0.39, 0.29) is 0 Å². The van der Waals surface area contributed by atoms with Crippen molar-refractivity contribution in [1.29, 1.82) is 0 Å². The lowest BCUT2D eigenvalue weighted by molar-refractivity contribution is -0.0141. The number of H-pyrrole nitrogens is 1. The van der Waals surface area contributed by atoms with Gasteiger partial charge in [0.15, 0.2) is 5.65 Å². The van der Waals surface area contributed by atoms with E-state index in [0.29, 0.717) is 18.0 Å². The lowest BCUT2D eigenvalue weighted by Crippen LogP contribution is -2.72. The van der Waals surface area contributed by atoms with Crippen molar-refractivity contribution in [1.82, 2.24) is 29.5 Å². The van der Waals surface area contributed by atoms with Gasteiger partial charge in [-0.05, 0) is 43.0 Å². The second-order valence-corrected chi connectivity index (χ2v) is 10.1. The Balaban J connectivity index is 1.38. The number of nitrogens with one attached hydrogen (secondary N) is 1. The average molecular weight is 441 g/mol. The number of hydrogen-bond donors (Lipinski definition) is 1. The van der Waals surface area contributed by atoms with Crippen LogP contribution in [-0.4, -0.2) is 62.3 Å². The lowest BCUT2D eigenvalue weighted by atomic mass is 9.73. The molecule has 8 nitrogen and oxygen atoms in total. The van der Waals surface area contributed by atoms with Crippen LogP contribution in [0.2, 0.25) is 0 Å². The van der Waals surface area contributed by atoms with Gasteiger partial charge in [-0.15, -0.1) is 0 Å². The second-order valence-electron chi connectivity index (χ2n) is 10.1. The van der Waals surface area contributed by atoms with E-state index in [4.69, 9.17) is 11.6 Å². The van der Waals surface area contributed by atoms with Gasteiger partial charge in [0.05, 0.1) is 16.7 Å². The summed E-state index contributed by atoms with van der Waals surface area (Å²) in [5.74, 6) is 1.36. The maximum absolute atomic E-state index is 7.05. The topological polar surface area (TPSA) is 69.7 Å². The molecular formula is C25H28N8. The Labute approximate surface area is 193 Å². The number of fused-ring (bicyclic) bond motifs is 2. The van der Waals surface area contributed by atoms with Crippen LogP contribution >= 0.6 is 0 Å². The van der Waals surface area contributed by atoms with Crippen molar-refractivity contribution in [3.63, 3.8) is 0 Å². The van der Waals surface area contributed by atoms with E-state index in [1.165, 1.54) is 11.1 Å². The Morgan fingerprint density at radius 1 is 1.15 bits per heavy atom. The molecule has 33 heavy (non-hydrogen) atoms. The van der Waals surface area contributed by atoms with E-state index in [0.717, 1.165) is 65.5 Å². The van der Waals surface area contributed by atoms with E-state index < -0.39 is 0 Å². The first kappa shape index (κ1) is 20.2. The van der Waals surface area contributed by atoms with Gasteiger partial charge in [0.1, 0.15) is 12.1 Å². The van der Waals surface area contributed by atoms with Crippen LogP contribution in [0.25, 0.3) is 32.8 Å². The summed E-state index contributed by atoms with van der Waals surface area (Å²) in [6.45, 7) is 20.4. The van der Waals surface area contributed by atoms with Crippen LogP contribution < -0.4 is 4.90 Å². The summed E-state index contributed by atoms with van der Waals surface area (Å²) in [6.07, 6.45) is 3.68. The van der Waals surface area contributed by atoms with Gasteiger partial charge in [0.2, 0.25) is 0 Å². The highest BCUT2D eigenvalue weighted by Gasteiger charge is 2.52. The maximum Gasteiger partial charge on any atom is 0.270 e. The molecule has 0 unspecified atom stereocenters. The molecule has 6 heterocycles. The highest BCUT2D eigenvalue weighted by atomic mass is 15.4. The molecule has 4 aromatic heterocycles. The molecule has 2 saturated heterocycles. The maximum atomic E-state index is 7.05. The van der Waals surface area contributed by atoms with E-state index >= 15 is 0 Å². The van der Waals surface area contributed by atoms with Crippen molar-refractivity contribution in [3.8, 4) is 11.3 Å². The molecular weight excluding hydrogens is 412 g/mol. The Hall–Kier alpha value is -3.44. The largest absolute Gasteiger partial charge is 0.355 e. The highest BCUT2D eigenvalue weighted by Crippen LogP contribution is 2.43. The zero-order valence-corrected chi connectivity index (χ0v) is 19.6. The van der Waals surface area contributed by atoms with E-state index in [2.05, 4.69) is 75.7 Å². The van der Waals surface area contributed by atoms with E-state index in [1.807, 2.05) is 4.52 Å². The van der Waals surface area contributed by atoms with Gasteiger partial charge in [0, 0.05) is 48.9 Å². The van der Waals surface area contributed by atoms with Crippen LogP contribution in [0, 0.1) is 25.8 Å². The number of anilines is 1. The van der Waals surface area contributed by atoms with Crippen LogP contribution in [0.5, 0.6) is 0 Å². The molecule has 2 aliphatic heterocycles. The minimum absolute atomic E-state index is 0.319. The molecule has 0 aliphatic carbocycles. The van der Waals surface area contributed by atoms with Crippen molar-refractivity contribution in [2.45, 2.75) is 33.6 Å².